The number of carbonyl (C=O) groups excluding carboxylic acids is 1. The van der Waals surface area contributed by atoms with Gasteiger partial charge in [-0.05, 0) is 71.7 Å². The lowest BCUT2D eigenvalue weighted by Crippen LogP contribution is -2.24. The Morgan fingerprint density at radius 2 is 1.97 bits per heavy atom. The van der Waals surface area contributed by atoms with Crippen molar-refractivity contribution >= 4 is 51.3 Å². The highest BCUT2D eigenvalue weighted by atomic mass is 79.9. The van der Waals surface area contributed by atoms with Crippen molar-refractivity contribution in [3.8, 4) is 11.5 Å². The van der Waals surface area contributed by atoms with Crippen LogP contribution in [-0.2, 0) is 11.3 Å². The molecule has 3 rings (SSSR count). The third-order valence-electron chi connectivity index (χ3n) is 4.57. The minimum Gasteiger partial charge on any atom is -0.496 e. The van der Waals surface area contributed by atoms with E-state index in [-0.39, 0.29) is 6.61 Å². The second-order valence-electron chi connectivity index (χ2n) is 6.87. The number of halogens is 3. The Morgan fingerprint density at radius 1 is 1.22 bits per heavy atom. The number of nitrogens with one attached hydrogen (secondary N) is 1. The first-order valence-corrected chi connectivity index (χ1v) is 11.1. The summed E-state index contributed by atoms with van der Waals surface area (Å²) in [5.74, 6) is 0.683. The summed E-state index contributed by atoms with van der Waals surface area (Å²) in [4.78, 5) is 12.0. The van der Waals surface area contributed by atoms with Crippen LogP contribution in [0.3, 0.4) is 0 Å². The van der Waals surface area contributed by atoms with E-state index in [1.54, 1.807) is 31.5 Å². The third kappa shape index (κ3) is 6.03. The van der Waals surface area contributed by atoms with Crippen LogP contribution in [0.15, 0.2) is 46.0 Å². The van der Waals surface area contributed by atoms with Crippen LogP contribution < -0.4 is 14.9 Å². The third-order valence-corrected chi connectivity index (χ3v) is 6.25. The molecule has 0 saturated carbocycles. The second-order valence-corrected chi connectivity index (χ2v) is 8.51. The molecule has 0 radical (unpaired) electrons. The van der Waals surface area contributed by atoms with Gasteiger partial charge < -0.3 is 9.47 Å². The molecule has 0 saturated heterocycles. The first-order chi connectivity index (χ1) is 15.3. The fraction of sp³-hybridized carbons (Fsp3) is 0.227. The molecule has 7 nitrogen and oxygen atoms in total. The molecule has 10 heteroatoms. The molecule has 0 unspecified atom stereocenters. The molecule has 0 aliphatic carbocycles. The summed E-state index contributed by atoms with van der Waals surface area (Å²) >= 11 is 15.4. The number of hydrogen-bond acceptors (Lipinski definition) is 5. The average molecular weight is 540 g/mol. The molecule has 0 fully saturated rings. The number of ether oxygens (including phenoxy) is 2. The van der Waals surface area contributed by atoms with Crippen LogP contribution in [-0.4, -0.2) is 35.6 Å². The number of methoxy groups -OCH3 is 1. The minimum atomic E-state index is -0.423. The molecule has 0 bridgehead atoms. The maximum Gasteiger partial charge on any atom is 0.277 e. The number of benzene rings is 2. The second kappa shape index (κ2) is 10.8. The van der Waals surface area contributed by atoms with E-state index in [4.69, 9.17) is 32.7 Å². The van der Waals surface area contributed by atoms with Crippen molar-refractivity contribution in [2.24, 2.45) is 5.10 Å². The van der Waals surface area contributed by atoms with Gasteiger partial charge in [-0.2, -0.15) is 10.2 Å². The van der Waals surface area contributed by atoms with Crippen LogP contribution in [0, 0.1) is 13.8 Å². The lowest BCUT2D eigenvalue weighted by atomic mass is 10.1. The number of nitrogens with zero attached hydrogens (tertiary/aromatic N) is 3. The fourth-order valence-corrected chi connectivity index (χ4v) is 3.69. The van der Waals surface area contributed by atoms with Gasteiger partial charge >= 0.3 is 0 Å². The van der Waals surface area contributed by atoms with Crippen LogP contribution in [0.2, 0.25) is 10.0 Å². The highest BCUT2D eigenvalue weighted by Crippen LogP contribution is 2.27. The molecule has 3 aromatic rings. The van der Waals surface area contributed by atoms with E-state index in [0.29, 0.717) is 22.3 Å². The van der Waals surface area contributed by atoms with Crippen molar-refractivity contribution in [3.05, 3.63) is 73.4 Å². The number of rotatable bonds is 8. The number of carbonyl (C=O) groups is 1. The summed E-state index contributed by atoms with van der Waals surface area (Å²) in [6.45, 7) is 4.24. The van der Waals surface area contributed by atoms with Gasteiger partial charge in [0, 0.05) is 10.6 Å². The predicted octanol–water partition coefficient (Wildman–Crippen LogP) is 5.16. The molecule has 0 aliphatic heterocycles. The summed E-state index contributed by atoms with van der Waals surface area (Å²) in [6, 6.07) is 10.4. The number of hydrazone groups is 1. The predicted molar refractivity (Wildman–Crippen MR) is 129 cm³/mol. The van der Waals surface area contributed by atoms with E-state index in [0.717, 1.165) is 32.7 Å². The average Bonchev–Trinajstić information content (AvgIpc) is 3.00. The number of aryl methyl sites for hydroxylation is 1. The molecular weight excluding hydrogens is 519 g/mol. The van der Waals surface area contributed by atoms with Crippen LogP contribution in [0.4, 0.5) is 0 Å². The topological polar surface area (TPSA) is 77.7 Å². The standard InChI is InChI=1S/C22H21BrCl2N4O3/c1-13-22(23)14(2)29(28-13)11-16-8-15(4-6-19(16)31-3)10-26-27-21(30)12-32-20-7-5-17(24)9-18(20)25/h4-10H,11-12H2,1-3H3,(H,27,30). The van der Waals surface area contributed by atoms with E-state index in [1.165, 1.54) is 0 Å². The molecule has 1 N–H and O–H groups in total. The van der Waals surface area contributed by atoms with Crippen LogP contribution in [0.5, 0.6) is 11.5 Å². The van der Waals surface area contributed by atoms with Crippen LogP contribution in [0.25, 0.3) is 0 Å². The van der Waals surface area contributed by atoms with Gasteiger partial charge in [0.1, 0.15) is 11.5 Å². The van der Waals surface area contributed by atoms with E-state index in [2.05, 4.69) is 31.6 Å². The minimum absolute atomic E-state index is 0.237. The summed E-state index contributed by atoms with van der Waals surface area (Å²) in [5.41, 5.74) is 6.10. The first-order valence-electron chi connectivity index (χ1n) is 9.54. The van der Waals surface area contributed by atoms with Gasteiger partial charge in [0.05, 0.1) is 40.8 Å². The molecular formula is C22H21BrCl2N4O3. The highest BCUT2D eigenvalue weighted by molar-refractivity contribution is 9.10. The molecule has 1 amide bonds. The van der Waals surface area contributed by atoms with E-state index < -0.39 is 5.91 Å². The van der Waals surface area contributed by atoms with Gasteiger partial charge in [0.2, 0.25) is 0 Å². The van der Waals surface area contributed by atoms with Crippen molar-refractivity contribution in [3.63, 3.8) is 0 Å². The first kappa shape index (κ1) is 24.1. The Morgan fingerprint density at radius 3 is 2.62 bits per heavy atom. The SMILES string of the molecule is COc1ccc(C=NNC(=O)COc2ccc(Cl)cc2Cl)cc1Cn1nc(C)c(Br)c1C. The van der Waals surface area contributed by atoms with Gasteiger partial charge in [-0.15, -0.1) is 0 Å². The Labute approximate surface area is 204 Å². The molecule has 1 heterocycles. The smallest absolute Gasteiger partial charge is 0.277 e. The summed E-state index contributed by atoms with van der Waals surface area (Å²) in [6.07, 6.45) is 1.55. The van der Waals surface area contributed by atoms with Crippen molar-refractivity contribution in [2.45, 2.75) is 20.4 Å². The molecule has 32 heavy (non-hydrogen) atoms. The van der Waals surface area contributed by atoms with Gasteiger partial charge in [-0.3, -0.25) is 9.48 Å². The van der Waals surface area contributed by atoms with Gasteiger partial charge in [-0.25, -0.2) is 5.43 Å². The summed E-state index contributed by atoms with van der Waals surface area (Å²) in [7, 11) is 1.62. The molecule has 1 aromatic heterocycles. The zero-order chi connectivity index (χ0) is 23.3. The maximum absolute atomic E-state index is 12.0. The quantitative estimate of drug-likeness (QED) is 0.317. The number of hydrogen-bond donors (Lipinski definition) is 1. The van der Waals surface area contributed by atoms with E-state index >= 15 is 0 Å². The summed E-state index contributed by atoms with van der Waals surface area (Å²) < 4.78 is 13.8. The Hall–Kier alpha value is -2.55. The molecule has 2 aromatic carbocycles. The lowest BCUT2D eigenvalue weighted by Gasteiger charge is -2.11. The fourth-order valence-electron chi connectivity index (χ4n) is 2.94. The zero-order valence-corrected chi connectivity index (χ0v) is 20.8. The molecule has 0 spiro atoms. The lowest BCUT2D eigenvalue weighted by molar-refractivity contribution is -0.123. The van der Waals surface area contributed by atoms with Gasteiger partial charge in [0.25, 0.3) is 5.91 Å². The maximum atomic E-state index is 12.0. The molecule has 0 atom stereocenters. The molecule has 0 aliphatic rings. The van der Waals surface area contributed by atoms with Crippen molar-refractivity contribution in [1.29, 1.82) is 0 Å². The van der Waals surface area contributed by atoms with Gasteiger partial charge in [0.15, 0.2) is 6.61 Å². The van der Waals surface area contributed by atoms with E-state index in [1.807, 2.05) is 36.7 Å². The normalized spacial score (nSPS) is 11.1. The number of amides is 1. The Bertz CT molecular complexity index is 1160. The van der Waals surface area contributed by atoms with Crippen molar-refractivity contribution in [1.82, 2.24) is 15.2 Å². The monoisotopic (exact) mass is 538 g/mol. The number of aromatic nitrogens is 2. The molecule has 168 valence electrons. The largest absolute Gasteiger partial charge is 0.496 e. The van der Waals surface area contributed by atoms with Crippen molar-refractivity contribution < 1.29 is 14.3 Å². The van der Waals surface area contributed by atoms with Crippen molar-refractivity contribution in [2.75, 3.05) is 13.7 Å². The Kier molecular flexibility index (Phi) is 8.17. The summed E-state index contributed by atoms with van der Waals surface area (Å²) in [5, 5.41) is 9.36. The van der Waals surface area contributed by atoms with Crippen LogP contribution >= 0.6 is 39.1 Å². The van der Waals surface area contributed by atoms with Gasteiger partial charge in [-0.1, -0.05) is 23.2 Å². The highest BCUT2D eigenvalue weighted by Gasteiger charge is 2.12. The zero-order valence-electron chi connectivity index (χ0n) is 17.7. The Balaban J connectivity index is 1.63. The van der Waals surface area contributed by atoms with Crippen LogP contribution in [0.1, 0.15) is 22.5 Å². The van der Waals surface area contributed by atoms with E-state index in [9.17, 15) is 4.79 Å².